The number of hydrogen-bond acceptors (Lipinski definition) is 2. The Labute approximate surface area is 126 Å². The first-order valence-corrected chi connectivity index (χ1v) is 7.56. The monoisotopic (exact) mass is 294 g/mol. The van der Waals surface area contributed by atoms with Gasteiger partial charge in [0.05, 0.1) is 5.92 Å². The third-order valence-corrected chi connectivity index (χ3v) is 4.51. The van der Waals surface area contributed by atoms with E-state index in [0.29, 0.717) is 11.6 Å². The van der Waals surface area contributed by atoms with Crippen LogP contribution in [0.15, 0.2) is 24.3 Å². The van der Waals surface area contributed by atoms with E-state index in [1.54, 1.807) is 4.90 Å². The summed E-state index contributed by atoms with van der Waals surface area (Å²) in [6.07, 6.45) is 4.05. The van der Waals surface area contributed by atoms with Gasteiger partial charge in [-0.2, -0.15) is 0 Å². The zero-order chi connectivity index (χ0) is 14.8. The van der Waals surface area contributed by atoms with Gasteiger partial charge in [-0.15, -0.1) is 0 Å². The molecule has 1 saturated carbocycles. The summed E-state index contributed by atoms with van der Waals surface area (Å²) in [6.45, 7) is 2.60. The van der Waals surface area contributed by atoms with E-state index in [0.717, 1.165) is 31.2 Å². The molecule has 1 fully saturated rings. The first-order chi connectivity index (χ1) is 9.40. The molecule has 20 heavy (non-hydrogen) atoms. The van der Waals surface area contributed by atoms with E-state index in [2.05, 4.69) is 0 Å². The van der Waals surface area contributed by atoms with Gasteiger partial charge in [-0.05, 0) is 37.5 Å². The predicted molar refractivity (Wildman–Crippen MR) is 82.5 cm³/mol. The smallest absolute Gasteiger partial charge is 0.227 e. The van der Waals surface area contributed by atoms with Crippen LogP contribution in [0.4, 0.5) is 0 Å². The maximum absolute atomic E-state index is 12.6. The van der Waals surface area contributed by atoms with Crippen molar-refractivity contribution in [1.29, 1.82) is 0 Å². The topological polar surface area (TPSA) is 46.3 Å². The molecule has 0 radical (unpaired) electrons. The summed E-state index contributed by atoms with van der Waals surface area (Å²) in [4.78, 5) is 14.4. The molecule has 3 nitrogen and oxygen atoms in total. The normalized spacial score (nSPS) is 26.3. The molecular weight excluding hydrogens is 272 g/mol. The van der Waals surface area contributed by atoms with Crippen molar-refractivity contribution in [3.63, 3.8) is 0 Å². The average molecular weight is 295 g/mol. The van der Waals surface area contributed by atoms with E-state index in [-0.39, 0.29) is 17.4 Å². The second-order valence-corrected chi connectivity index (χ2v) is 6.56. The van der Waals surface area contributed by atoms with Gasteiger partial charge >= 0.3 is 0 Å². The summed E-state index contributed by atoms with van der Waals surface area (Å²) in [5.74, 6) is 0.0956. The fraction of sp³-hybridized carbons (Fsp3) is 0.562. The number of hydrogen-bond donors (Lipinski definition) is 1. The molecule has 110 valence electrons. The largest absolute Gasteiger partial charge is 0.341 e. The molecule has 1 aliphatic carbocycles. The van der Waals surface area contributed by atoms with Crippen LogP contribution < -0.4 is 5.73 Å². The highest BCUT2D eigenvalue weighted by Crippen LogP contribution is 2.33. The Hall–Kier alpha value is -1.06. The van der Waals surface area contributed by atoms with Gasteiger partial charge in [0.15, 0.2) is 0 Å². The van der Waals surface area contributed by atoms with Crippen LogP contribution in [-0.2, 0) is 11.3 Å². The van der Waals surface area contributed by atoms with Crippen molar-refractivity contribution < 1.29 is 4.79 Å². The summed E-state index contributed by atoms with van der Waals surface area (Å²) in [6, 6.07) is 7.61. The SMILES string of the molecule is CN(Cc1ccc(Cl)cc1)C(=O)C1CCCCC1(C)N. The molecule has 0 saturated heterocycles. The Morgan fingerprint density at radius 2 is 2.05 bits per heavy atom. The van der Waals surface area contributed by atoms with E-state index in [9.17, 15) is 4.79 Å². The van der Waals surface area contributed by atoms with Gasteiger partial charge in [0, 0.05) is 24.2 Å². The Bertz CT molecular complexity index is 470. The standard InChI is InChI=1S/C16H23ClN2O/c1-16(18)10-4-3-5-14(16)15(20)19(2)11-12-6-8-13(17)9-7-12/h6-9,14H,3-5,10-11,18H2,1-2H3. The molecule has 1 aromatic carbocycles. The lowest BCUT2D eigenvalue weighted by atomic mass is 9.74. The maximum atomic E-state index is 12.6. The lowest BCUT2D eigenvalue weighted by molar-refractivity contribution is -0.138. The zero-order valence-electron chi connectivity index (χ0n) is 12.2. The molecule has 2 N–H and O–H groups in total. The van der Waals surface area contributed by atoms with Crippen LogP contribution in [0.5, 0.6) is 0 Å². The molecule has 2 atom stereocenters. The maximum Gasteiger partial charge on any atom is 0.227 e. The third-order valence-electron chi connectivity index (χ3n) is 4.26. The summed E-state index contributed by atoms with van der Waals surface area (Å²) in [7, 11) is 1.85. The number of benzene rings is 1. The second kappa shape index (κ2) is 6.15. The van der Waals surface area contributed by atoms with E-state index < -0.39 is 0 Å². The highest BCUT2D eigenvalue weighted by molar-refractivity contribution is 6.30. The third kappa shape index (κ3) is 3.53. The summed E-state index contributed by atoms with van der Waals surface area (Å²) < 4.78 is 0. The van der Waals surface area contributed by atoms with Crippen LogP contribution in [0, 0.1) is 5.92 Å². The van der Waals surface area contributed by atoms with Gasteiger partial charge in [-0.3, -0.25) is 4.79 Å². The number of amides is 1. The number of nitrogens with two attached hydrogens (primary N) is 1. The molecule has 4 heteroatoms. The molecule has 0 bridgehead atoms. The minimum atomic E-state index is -0.371. The highest BCUT2D eigenvalue weighted by atomic mass is 35.5. The van der Waals surface area contributed by atoms with E-state index >= 15 is 0 Å². The Balaban J connectivity index is 2.02. The van der Waals surface area contributed by atoms with Crippen LogP contribution in [0.25, 0.3) is 0 Å². The van der Waals surface area contributed by atoms with Crippen molar-refractivity contribution in [1.82, 2.24) is 4.90 Å². The summed E-state index contributed by atoms with van der Waals surface area (Å²) in [5.41, 5.74) is 7.02. The fourth-order valence-electron chi connectivity index (χ4n) is 2.97. The number of nitrogens with zero attached hydrogens (tertiary/aromatic N) is 1. The van der Waals surface area contributed by atoms with Gasteiger partial charge in [-0.1, -0.05) is 36.6 Å². The molecule has 1 aromatic rings. The molecule has 0 aliphatic heterocycles. The van der Waals surface area contributed by atoms with Gasteiger partial charge < -0.3 is 10.6 Å². The minimum absolute atomic E-state index is 0.0615. The van der Waals surface area contributed by atoms with E-state index in [1.165, 1.54) is 0 Å². The van der Waals surface area contributed by atoms with E-state index in [1.807, 2.05) is 38.2 Å². The van der Waals surface area contributed by atoms with E-state index in [4.69, 9.17) is 17.3 Å². The zero-order valence-corrected chi connectivity index (χ0v) is 13.0. The van der Waals surface area contributed by atoms with Gasteiger partial charge in [0.25, 0.3) is 0 Å². The number of carbonyl (C=O) groups excluding carboxylic acids is 1. The number of carbonyl (C=O) groups is 1. The average Bonchev–Trinajstić information content (AvgIpc) is 2.40. The second-order valence-electron chi connectivity index (χ2n) is 6.12. The predicted octanol–water partition coefficient (Wildman–Crippen LogP) is 3.21. The lowest BCUT2D eigenvalue weighted by Crippen LogP contribution is -2.53. The van der Waals surface area contributed by atoms with Crippen molar-refractivity contribution in [2.45, 2.75) is 44.7 Å². The summed E-state index contributed by atoms with van der Waals surface area (Å²) in [5, 5.41) is 0.713. The van der Waals surface area contributed by atoms with Crippen molar-refractivity contribution in [2.75, 3.05) is 7.05 Å². The minimum Gasteiger partial charge on any atom is -0.341 e. The van der Waals surface area contributed by atoms with Crippen molar-refractivity contribution in [2.24, 2.45) is 11.7 Å². The number of halogens is 1. The fourth-order valence-corrected chi connectivity index (χ4v) is 3.10. The highest BCUT2D eigenvalue weighted by Gasteiger charge is 2.38. The molecule has 2 unspecified atom stereocenters. The molecule has 2 rings (SSSR count). The quantitative estimate of drug-likeness (QED) is 0.930. The van der Waals surface area contributed by atoms with Gasteiger partial charge in [0.1, 0.15) is 0 Å². The van der Waals surface area contributed by atoms with Crippen molar-refractivity contribution in [3.05, 3.63) is 34.9 Å². The molecular formula is C16H23ClN2O. The number of rotatable bonds is 3. The van der Waals surface area contributed by atoms with Crippen LogP contribution in [0.2, 0.25) is 5.02 Å². The first-order valence-electron chi connectivity index (χ1n) is 7.18. The Kier molecular flexibility index (Phi) is 4.71. The molecule has 0 aromatic heterocycles. The summed E-state index contributed by atoms with van der Waals surface area (Å²) >= 11 is 5.87. The van der Waals surface area contributed by atoms with Crippen LogP contribution >= 0.6 is 11.6 Å². The molecule has 1 amide bonds. The van der Waals surface area contributed by atoms with Crippen molar-refractivity contribution in [3.8, 4) is 0 Å². The van der Waals surface area contributed by atoms with Crippen LogP contribution in [0.3, 0.4) is 0 Å². The molecule has 1 aliphatic rings. The molecule has 0 heterocycles. The van der Waals surface area contributed by atoms with Gasteiger partial charge in [-0.25, -0.2) is 0 Å². The lowest BCUT2D eigenvalue weighted by Gasteiger charge is -2.39. The Morgan fingerprint density at radius 3 is 2.65 bits per heavy atom. The van der Waals surface area contributed by atoms with Crippen LogP contribution in [-0.4, -0.2) is 23.4 Å². The Morgan fingerprint density at radius 1 is 1.40 bits per heavy atom. The van der Waals surface area contributed by atoms with Crippen molar-refractivity contribution >= 4 is 17.5 Å². The molecule has 0 spiro atoms. The van der Waals surface area contributed by atoms with Crippen LogP contribution in [0.1, 0.15) is 38.2 Å². The van der Waals surface area contributed by atoms with Gasteiger partial charge in [0.2, 0.25) is 5.91 Å². The first kappa shape index (κ1) is 15.3.